The molecule has 1 aromatic heterocycles. The van der Waals surface area contributed by atoms with Gasteiger partial charge in [-0.1, -0.05) is 68.8 Å². The lowest BCUT2D eigenvalue weighted by atomic mass is 9.64. The van der Waals surface area contributed by atoms with E-state index in [0.717, 1.165) is 25.8 Å². The molecule has 0 saturated carbocycles. The number of para-hydroxylation sites is 1. The molecule has 0 amide bonds. The van der Waals surface area contributed by atoms with E-state index in [1.54, 1.807) is 6.21 Å². The van der Waals surface area contributed by atoms with E-state index in [0.29, 0.717) is 6.42 Å². The number of aliphatic hydroxyl groups excluding tert-OH is 2. The first-order valence-electron chi connectivity index (χ1n) is 13.4. The van der Waals surface area contributed by atoms with Gasteiger partial charge in [0.25, 0.3) is 0 Å². The number of aliphatic hydroxyl groups is 2. The van der Waals surface area contributed by atoms with Crippen molar-refractivity contribution in [3.63, 3.8) is 0 Å². The topological polar surface area (TPSA) is 81.2 Å². The van der Waals surface area contributed by atoms with Gasteiger partial charge in [0.2, 0.25) is 0 Å². The van der Waals surface area contributed by atoms with Crippen molar-refractivity contribution >= 4 is 17.1 Å². The molecule has 2 aromatic carbocycles. The lowest BCUT2D eigenvalue weighted by Crippen LogP contribution is -2.57. The summed E-state index contributed by atoms with van der Waals surface area (Å²) in [5, 5.41) is 36.4. The Balaban J connectivity index is 1.64. The Bertz CT molecular complexity index is 1210. The molecule has 6 nitrogen and oxygen atoms in total. The highest BCUT2D eigenvalue weighted by Gasteiger charge is 2.51. The summed E-state index contributed by atoms with van der Waals surface area (Å²) in [6.07, 6.45) is 3.12. The van der Waals surface area contributed by atoms with Crippen LogP contribution in [-0.4, -0.2) is 49.4 Å². The first-order valence-corrected chi connectivity index (χ1v) is 13.4. The van der Waals surface area contributed by atoms with Crippen LogP contribution in [0.25, 0.3) is 10.9 Å². The second-order valence-electron chi connectivity index (χ2n) is 10.7. The molecule has 36 heavy (non-hydrogen) atoms. The number of oxime groups is 1. The van der Waals surface area contributed by atoms with Gasteiger partial charge in [-0.2, -0.15) is 0 Å². The summed E-state index contributed by atoms with van der Waals surface area (Å²) in [4.78, 5) is 2.59. The number of fused-ring (bicyclic) bond motifs is 6. The highest BCUT2D eigenvalue weighted by Crippen LogP contribution is 2.52. The number of piperidine rings is 1. The van der Waals surface area contributed by atoms with Crippen LogP contribution in [0.5, 0.6) is 0 Å². The van der Waals surface area contributed by atoms with Crippen molar-refractivity contribution in [2.75, 3.05) is 0 Å². The molecule has 1 saturated heterocycles. The van der Waals surface area contributed by atoms with Crippen LogP contribution in [0.2, 0.25) is 0 Å². The molecule has 192 valence electrons. The van der Waals surface area contributed by atoms with E-state index in [9.17, 15) is 15.4 Å². The van der Waals surface area contributed by atoms with Crippen molar-refractivity contribution < 1.29 is 15.4 Å². The summed E-state index contributed by atoms with van der Waals surface area (Å²) in [6, 6.07) is 19.5. The monoisotopic (exact) mass is 489 g/mol. The van der Waals surface area contributed by atoms with Crippen LogP contribution >= 0.6 is 0 Å². The van der Waals surface area contributed by atoms with E-state index in [2.05, 4.69) is 77.1 Å². The molecule has 2 aliphatic heterocycles. The van der Waals surface area contributed by atoms with Gasteiger partial charge in [-0.15, -0.1) is 5.16 Å². The Morgan fingerprint density at radius 2 is 1.75 bits per heavy atom. The molecule has 2 bridgehead atoms. The molecule has 0 radical (unpaired) electrons. The zero-order valence-electron chi connectivity index (χ0n) is 21.5. The van der Waals surface area contributed by atoms with E-state index >= 15 is 0 Å². The van der Waals surface area contributed by atoms with Crippen molar-refractivity contribution in [3.8, 4) is 0 Å². The number of aromatic nitrogens is 1. The van der Waals surface area contributed by atoms with Crippen LogP contribution in [0.4, 0.5) is 0 Å². The molecule has 3 heterocycles. The van der Waals surface area contributed by atoms with Gasteiger partial charge in [-0.05, 0) is 48.3 Å². The summed E-state index contributed by atoms with van der Waals surface area (Å²) in [5.41, 5.74) is 5.26. The van der Waals surface area contributed by atoms with Gasteiger partial charge in [0.15, 0.2) is 0 Å². The number of hydrogen-bond acceptors (Lipinski definition) is 5. The average Bonchev–Trinajstić information content (AvgIpc) is 3.18. The molecule has 2 aliphatic rings. The van der Waals surface area contributed by atoms with Crippen molar-refractivity contribution in [2.24, 2.45) is 30.0 Å². The Hall–Kier alpha value is -2.67. The van der Waals surface area contributed by atoms with Crippen LogP contribution in [0.15, 0.2) is 59.8 Å². The van der Waals surface area contributed by atoms with Crippen LogP contribution in [0.3, 0.4) is 0 Å². The average molecular weight is 490 g/mol. The highest BCUT2D eigenvalue weighted by atomic mass is 16.4. The molecule has 5 rings (SSSR count). The third kappa shape index (κ3) is 4.15. The Labute approximate surface area is 213 Å². The molecule has 7 atom stereocenters. The highest BCUT2D eigenvalue weighted by molar-refractivity contribution is 5.86. The summed E-state index contributed by atoms with van der Waals surface area (Å²) < 4.78 is 2.36. The Kier molecular flexibility index (Phi) is 7.20. The first-order chi connectivity index (χ1) is 17.5. The maximum Gasteiger partial charge on any atom is 0.0829 e. The minimum Gasteiger partial charge on any atom is -0.411 e. The fraction of sp³-hybridized carbons (Fsp3) is 0.500. The summed E-state index contributed by atoms with van der Waals surface area (Å²) >= 11 is 0. The number of nitrogens with zero attached hydrogens (tertiary/aromatic N) is 3. The standard InChI is InChI=1S/C30H39N3O3/c1-4-20(30(35)28(34)5-2)22-15-27-29-23(21-13-9-10-14-25(21)32(29)3)16-26(24(22)17-31-36)33(27)18-19-11-7-6-8-12-19/h6-14,17,20,22,24,26-28,30,34-36H,4-5,15-16,18H2,1-3H3/b31-17+/t20?,22?,24?,26-,27-,28?,30?/m0/s1. The predicted octanol–water partition coefficient (Wildman–Crippen LogP) is 4.90. The molecular formula is C30H39N3O3. The summed E-state index contributed by atoms with van der Waals surface area (Å²) in [6.45, 7) is 4.82. The quantitative estimate of drug-likeness (QED) is 0.239. The SMILES string of the molecule is CCC(O)C(O)C(CC)C1C[C@H]2c3c(c4ccccc4n3C)C[C@@H](C1/C=N/O)N2Cc1ccccc1. The predicted molar refractivity (Wildman–Crippen MR) is 143 cm³/mol. The van der Waals surface area contributed by atoms with Gasteiger partial charge in [0.1, 0.15) is 0 Å². The maximum absolute atomic E-state index is 11.2. The van der Waals surface area contributed by atoms with Gasteiger partial charge in [0.05, 0.1) is 18.2 Å². The molecule has 3 N–H and O–H groups in total. The molecule has 1 fully saturated rings. The van der Waals surface area contributed by atoms with Gasteiger partial charge in [-0.3, -0.25) is 4.90 Å². The summed E-state index contributed by atoms with van der Waals surface area (Å²) in [5.74, 6) is -0.0240. The number of benzene rings is 2. The van der Waals surface area contributed by atoms with E-state index < -0.39 is 12.2 Å². The first kappa shape index (κ1) is 25.0. The second-order valence-corrected chi connectivity index (χ2v) is 10.7. The molecule has 6 heteroatoms. The van der Waals surface area contributed by atoms with Crippen LogP contribution in [0, 0.1) is 17.8 Å². The largest absolute Gasteiger partial charge is 0.411 e. The smallest absolute Gasteiger partial charge is 0.0829 e. The fourth-order valence-corrected chi connectivity index (χ4v) is 7.24. The van der Waals surface area contributed by atoms with Crippen molar-refractivity contribution in [1.29, 1.82) is 0 Å². The molecule has 3 aromatic rings. The lowest BCUT2D eigenvalue weighted by molar-refractivity contribution is -0.0769. The fourth-order valence-electron chi connectivity index (χ4n) is 7.24. The third-order valence-corrected chi connectivity index (χ3v) is 8.97. The van der Waals surface area contributed by atoms with Crippen LogP contribution < -0.4 is 0 Å². The van der Waals surface area contributed by atoms with Gasteiger partial charge >= 0.3 is 0 Å². The van der Waals surface area contributed by atoms with Gasteiger partial charge in [0, 0.05) is 48.4 Å². The Morgan fingerprint density at radius 1 is 1.03 bits per heavy atom. The van der Waals surface area contributed by atoms with Crippen LogP contribution in [0.1, 0.15) is 56.0 Å². The lowest BCUT2D eigenvalue weighted by Gasteiger charge is -2.54. The van der Waals surface area contributed by atoms with Gasteiger partial charge in [-0.25, -0.2) is 0 Å². The third-order valence-electron chi connectivity index (χ3n) is 8.97. The van der Waals surface area contributed by atoms with E-state index in [-0.39, 0.29) is 29.8 Å². The number of hydrogen-bond donors (Lipinski definition) is 3. The van der Waals surface area contributed by atoms with E-state index in [4.69, 9.17) is 0 Å². The molecule has 0 spiro atoms. The molecular weight excluding hydrogens is 450 g/mol. The summed E-state index contributed by atoms with van der Waals surface area (Å²) in [7, 11) is 2.17. The van der Waals surface area contributed by atoms with E-state index in [1.807, 2.05) is 13.0 Å². The van der Waals surface area contributed by atoms with Crippen molar-refractivity contribution in [3.05, 3.63) is 71.4 Å². The zero-order valence-corrected chi connectivity index (χ0v) is 21.5. The molecule has 5 unspecified atom stereocenters. The number of aryl methyl sites for hydroxylation is 1. The Morgan fingerprint density at radius 3 is 2.44 bits per heavy atom. The zero-order chi connectivity index (χ0) is 25.4. The second kappa shape index (κ2) is 10.4. The van der Waals surface area contributed by atoms with E-state index in [1.165, 1.54) is 27.7 Å². The normalized spacial score (nSPS) is 26.7. The van der Waals surface area contributed by atoms with Gasteiger partial charge < -0.3 is 20.0 Å². The minimum atomic E-state index is -0.798. The van der Waals surface area contributed by atoms with Crippen molar-refractivity contribution in [1.82, 2.24) is 9.47 Å². The van der Waals surface area contributed by atoms with Crippen LogP contribution in [-0.2, 0) is 20.0 Å². The molecule has 0 aliphatic carbocycles. The minimum absolute atomic E-state index is 0.0364. The maximum atomic E-state index is 11.2. The number of rotatable bonds is 8. The van der Waals surface area contributed by atoms with Crippen molar-refractivity contribution in [2.45, 2.75) is 70.4 Å².